The van der Waals surface area contributed by atoms with Crippen molar-refractivity contribution in [1.29, 1.82) is 0 Å². The van der Waals surface area contributed by atoms with E-state index in [9.17, 15) is 9.59 Å². The van der Waals surface area contributed by atoms with Crippen LogP contribution in [0.4, 0.5) is 5.95 Å². The van der Waals surface area contributed by atoms with Gasteiger partial charge in [0.05, 0.1) is 11.9 Å². The van der Waals surface area contributed by atoms with Gasteiger partial charge in [0.2, 0.25) is 5.95 Å². The number of nitrogens with zero attached hydrogens (tertiary/aromatic N) is 3. The summed E-state index contributed by atoms with van der Waals surface area (Å²) in [6, 6.07) is 17.4. The van der Waals surface area contributed by atoms with Crippen LogP contribution in [0.2, 0.25) is 5.02 Å². The van der Waals surface area contributed by atoms with Crippen molar-refractivity contribution in [1.82, 2.24) is 24.9 Å². The summed E-state index contributed by atoms with van der Waals surface area (Å²) in [4.78, 5) is 44.4. The number of fused-ring (bicyclic) bond motifs is 1. The molecule has 5 aromatic rings. The van der Waals surface area contributed by atoms with Gasteiger partial charge in [-0.2, -0.15) is 0 Å². The number of carbonyl (C=O) groups is 2. The van der Waals surface area contributed by atoms with E-state index in [1.807, 2.05) is 0 Å². The van der Waals surface area contributed by atoms with Crippen LogP contribution in [0.1, 0.15) is 37.9 Å². The fraction of sp³-hybridized carbons (Fsp3) is 0.0385. The Morgan fingerprint density at radius 3 is 2.60 bits per heavy atom. The van der Waals surface area contributed by atoms with Crippen molar-refractivity contribution in [3.8, 4) is 11.8 Å². The third kappa shape index (κ3) is 5.11. The van der Waals surface area contributed by atoms with Crippen molar-refractivity contribution in [2.24, 2.45) is 0 Å². The number of para-hydroxylation sites is 1. The van der Waals surface area contributed by atoms with E-state index in [-0.39, 0.29) is 23.8 Å². The first-order valence-electron chi connectivity index (χ1n) is 10.6. The summed E-state index contributed by atoms with van der Waals surface area (Å²) in [5, 5.41) is 3.34. The monoisotopic (exact) mass is 480 g/mol. The molecule has 0 saturated carbocycles. The third-order valence-electron chi connectivity index (χ3n) is 5.09. The van der Waals surface area contributed by atoms with Crippen LogP contribution in [0.25, 0.3) is 11.0 Å². The van der Waals surface area contributed by atoms with E-state index in [1.54, 1.807) is 73.1 Å². The van der Waals surface area contributed by atoms with Crippen molar-refractivity contribution in [3.05, 3.63) is 106 Å². The zero-order valence-electron chi connectivity index (χ0n) is 18.2. The molecule has 0 aliphatic rings. The standard InChI is InChI=1S/C26H17ClN6O2/c27-17-10-7-16(8-11-17)9-12-18-3-1-6-21(30-18)25(35)33-26-31-20-5-2-4-19(24(20)32-26)22(34)15-23-28-13-14-29-23/h1-8,10-11,13-14H,15H2,(H,28,29)(H2,31,32,33,35). The summed E-state index contributed by atoms with van der Waals surface area (Å²) < 4.78 is 0. The van der Waals surface area contributed by atoms with E-state index < -0.39 is 5.91 Å². The molecule has 0 radical (unpaired) electrons. The van der Waals surface area contributed by atoms with Crippen molar-refractivity contribution < 1.29 is 9.59 Å². The maximum atomic E-state index is 12.8. The summed E-state index contributed by atoms with van der Waals surface area (Å²) in [6.45, 7) is 0. The predicted octanol–water partition coefficient (Wildman–Crippen LogP) is 4.41. The molecule has 0 unspecified atom stereocenters. The number of aromatic amines is 2. The molecule has 3 aromatic heterocycles. The highest BCUT2D eigenvalue weighted by molar-refractivity contribution is 6.30. The zero-order valence-corrected chi connectivity index (χ0v) is 18.9. The highest BCUT2D eigenvalue weighted by Crippen LogP contribution is 2.20. The van der Waals surface area contributed by atoms with E-state index in [1.165, 1.54) is 0 Å². The van der Waals surface area contributed by atoms with Crippen molar-refractivity contribution >= 4 is 40.3 Å². The number of amides is 1. The summed E-state index contributed by atoms with van der Waals surface area (Å²) in [5.74, 6) is 6.13. The lowest BCUT2D eigenvalue weighted by Gasteiger charge is -2.01. The quantitative estimate of drug-likeness (QED) is 0.254. The van der Waals surface area contributed by atoms with Gasteiger partial charge in [-0.05, 0) is 54.5 Å². The van der Waals surface area contributed by atoms with Gasteiger partial charge in [-0.25, -0.2) is 15.0 Å². The fourth-order valence-corrected chi connectivity index (χ4v) is 3.56. The molecular weight excluding hydrogens is 464 g/mol. The molecule has 1 amide bonds. The minimum absolute atomic E-state index is 0.119. The van der Waals surface area contributed by atoms with Crippen LogP contribution in [0.3, 0.4) is 0 Å². The lowest BCUT2D eigenvalue weighted by atomic mass is 10.1. The van der Waals surface area contributed by atoms with Crippen LogP contribution in [-0.2, 0) is 6.42 Å². The molecular formula is C26H17ClN6O2. The van der Waals surface area contributed by atoms with Gasteiger partial charge >= 0.3 is 0 Å². The van der Waals surface area contributed by atoms with E-state index in [4.69, 9.17) is 11.6 Å². The van der Waals surface area contributed by atoms with E-state index in [0.717, 1.165) is 5.56 Å². The van der Waals surface area contributed by atoms with E-state index in [2.05, 4.69) is 42.1 Å². The first-order chi connectivity index (χ1) is 17.0. The Balaban J connectivity index is 1.34. The molecule has 0 spiro atoms. The number of ketones is 1. The maximum absolute atomic E-state index is 12.8. The van der Waals surface area contributed by atoms with Crippen LogP contribution in [0.15, 0.2) is 73.1 Å². The largest absolute Gasteiger partial charge is 0.348 e. The number of Topliss-reactive ketones (excluding diaryl/α,β-unsaturated/α-hetero) is 1. The molecule has 3 heterocycles. The molecule has 0 aliphatic carbocycles. The van der Waals surface area contributed by atoms with Crippen LogP contribution in [0.5, 0.6) is 0 Å². The summed E-state index contributed by atoms with van der Waals surface area (Å²) >= 11 is 5.90. The molecule has 0 aliphatic heterocycles. The highest BCUT2D eigenvalue weighted by Gasteiger charge is 2.17. The Bertz CT molecular complexity index is 1590. The van der Waals surface area contributed by atoms with Crippen molar-refractivity contribution in [2.75, 3.05) is 5.32 Å². The van der Waals surface area contributed by atoms with Gasteiger partial charge in [0.15, 0.2) is 5.78 Å². The molecule has 3 N–H and O–H groups in total. The second-order valence-electron chi connectivity index (χ2n) is 7.54. The maximum Gasteiger partial charge on any atom is 0.276 e. The predicted molar refractivity (Wildman–Crippen MR) is 132 cm³/mol. The van der Waals surface area contributed by atoms with E-state index >= 15 is 0 Å². The van der Waals surface area contributed by atoms with E-state index in [0.29, 0.717) is 33.1 Å². The molecule has 170 valence electrons. The Morgan fingerprint density at radius 2 is 1.80 bits per heavy atom. The second-order valence-corrected chi connectivity index (χ2v) is 7.98. The molecule has 35 heavy (non-hydrogen) atoms. The highest BCUT2D eigenvalue weighted by atomic mass is 35.5. The van der Waals surface area contributed by atoms with Gasteiger partial charge in [0.25, 0.3) is 5.91 Å². The molecule has 0 fully saturated rings. The number of halogens is 1. The SMILES string of the molecule is O=C(Nc1nc2c(C(=O)Cc3ncc[nH]3)cccc2[nH]1)c1cccc(C#Cc2ccc(Cl)cc2)n1. The lowest BCUT2D eigenvalue weighted by Crippen LogP contribution is -2.15. The summed E-state index contributed by atoms with van der Waals surface area (Å²) in [7, 11) is 0. The Morgan fingerprint density at radius 1 is 0.971 bits per heavy atom. The topological polar surface area (TPSA) is 116 Å². The first kappa shape index (κ1) is 22.1. The Labute approximate surface area is 204 Å². The average Bonchev–Trinajstić information content (AvgIpc) is 3.53. The van der Waals surface area contributed by atoms with Crippen LogP contribution >= 0.6 is 11.6 Å². The number of benzene rings is 2. The summed E-state index contributed by atoms with van der Waals surface area (Å²) in [5.41, 5.74) is 2.94. The molecule has 9 heteroatoms. The number of hydrogen-bond donors (Lipinski definition) is 3. The van der Waals surface area contributed by atoms with Gasteiger partial charge < -0.3 is 9.97 Å². The first-order valence-corrected chi connectivity index (χ1v) is 11.0. The number of anilines is 1. The average molecular weight is 481 g/mol. The van der Waals surface area contributed by atoms with Crippen molar-refractivity contribution in [2.45, 2.75) is 6.42 Å². The normalized spacial score (nSPS) is 10.5. The molecule has 8 nitrogen and oxygen atoms in total. The molecule has 0 bridgehead atoms. The lowest BCUT2D eigenvalue weighted by molar-refractivity contribution is 0.0990. The Hall–Kier alpha value is -4.74. The third-order valence-corrected chi connectivity index (χ3v) is 5.34. The minimum Gasteiger partial charge on any atom is -0.348 e. The van der Waals surface area contributed by atoms with Gasteiger partial charge in [0, 0.05) is 28.5 Å². The molecule has 5 rings (SSSR count). The number of rotatable bonds is 5. The van der Waals surface area contributed by atoms with Crippen LogP contribution in [0, 0.1) is 11.8 Å². The second kappa shape index (κ2) is 9.63. The van der Waals surface area contributed by atoms with Crippen molar-refractivity contribution in [3.63, 3.8) is 0 Å². The van der Waals surface area contributed by atoms with Gasteiger partial charge in [-0.3, -0.25) is 14.9 Å². The molecule has 2 aromatic carbocycles. The molecule has 0 saturated heterocycles. The number of aromatic nitrogens is 5. The molecule has 0 atom stereocenters. The smallest absolute Gasteiger partial charge is 0.276 e. The summed E-state index contributed by atoms with van der Waals surface area (Å²) in [6.07, 6.45) is 3.38. The zero-order chi connectivity index (χ0) is 24.2. The minimum atomic E-state index is -0.456. The van der Waals surface area contributed by atoms with Gasteiger partial charge in [0.1, 0.15) is 22.7 Å². The Kier molecular flexibility index (Phi) is 6.07. The van der Waals surface area contributed by atoms with Crippen LogP contribution in [-0.4, -0.2) is 36.6 Å². The van der Waals surface area contributed by atoms with Gasteiger partial charge in [-0.15, -0.1) is 0 Å². The number of imidazole rings is 2. The van der Waals surface area contributed by atoms with Gasteiger partial charge in [-0.1, -0.05) is 29.7 Å². The number of carbonyl (C=O) groups excluding carboxylic acids is 2. The number of hydrogen-bond acceptors (Lipinski definition) is 5. The van der Waals surface area contributed by atoms with Crippen LogP contribution < -0.4 is 5.32 Å². The number of nitrogens with one attached hydrogen (secondary N) is 3. The number of pyridine rings is 1. The fourth-order valence-electron chi connectivity index (χ4n) is 3.43. The number of H-pyrrole nitrogens is 2.